The monoisotopic (exact) mass is 228 g/mol. The van der Waals surface area contributed by atoms with Gasteiger partial charge < -0.3 is 10.5 Å². The Hall–Kier alpha value is -1.23. The summed E-state index contributed by atoms with van der Waals surface area (Å²) in [6.07, 6.45) is 4.81. The number of nitrogens with zero attached hydrogens (tertiary/aromatic N) is 1. The zero-order chi connectivity index (χ0) is 11.6. The molecule has 0 amide bonds. The largest absolute Gasteiger partial charge is 0.474 e. The Kier molecular flexibility index (Phi) is 3.05. The number of pyridine rings is 1. The van der Waals surface area contributed by atoms with E-state index in [9.17, 15) is 8.78 Å². The second kappa shape index (κ2) is 4.33. The van der Waals surface area contributed by atoms with Crippen molar-refractivity contribution in [2.75, 3.05) is 6.61 Å². The van der Waals surface area contributed by atoms with Crippen LogP contribution in [0.2, 0.25) is 0 Å². The van der Waals surface area contributed by atoms with Gasteiger partial charge in [0.15, 0.2) is 5.82 Å². The quantitative estimate of drug-likeness (QED) is 0.860. The minimum absolute atomic E-state index is 0.182. The second-order valence-corrected chi connectivity index (χ2v) is 4.30. The standard InChI is InChI=1S/C11H14F2N2O/c12-8-5-9(13)10(15-6-8)16-7-11(14)3-1-2-4-11/h5-6H,1-4,7,14H2. The van der Waals surface area contributed by atoms with Gasteiger partial charge in [0.25, 0.3) is 5.88 Å². The van der Waals surface area contributed by atoms with Crippen molar-refractivity contribution in [3.8, 4) is 5.88 Å². The molecule has 0 aliphatic heterocycles. The van der Waals surface area contributed by atoms with Gasteiger partial charge in [0.1, 0.15) is 12.4 Å². The van der Waals surface area contributed by atoms with Gasteiger partial charge in [-0.15, -0.1) is 0 Å². The van der Waals surface area contributed by atoms with Crippen LogP contribution in [-0.4, -0.2) is 17.1 Å². The molecule has 0 aromatic carbocycles. The predicted octanol–water partition coefficient (Wildman–Crippen LogP) is 2.01. The van der Waals surface area contributed by atoms with E-state index < -0.39 is 11.6 Å². The lowest BCUT2D eigenvalue weighted by atomic mass is 10.0. The zero-order valence-electron chi connectivity index (χ0n) is 8.88. The van der Waals surface area contributed by atoms with E-state index in [4.69, 9.17) is 10.5 Å². The normalized spacial score (nSPS) is 18.7. The van der Waals surface area contributed by atoms with Crippen molar-refractivity contribution >= 4 is 0 Å². The van der Waals surface area contributed by atoms with Crippen LogP contribution in [0.3, 0.4) is 0 Å². The zero-order valence-corrected chi connectivity index (χ0v) is 8.88. The molecule has 16 heavy (non-hydrogen) atoms. The van der Waals surface area contributed by atoms with E-state index in [2.05, 4.69) is 4.98 Å². The van der Waals surface area contributed by atoms with Crippen molar-refractivity contribution in [1.29, 1.82) is 0 Å². The van der Waals surface area contributed by atoms with Crippen molar-refractivity contribution in [1.82, 2.24) is 4.98 Å². The Balaban J connectivity index is 1.99. The van der Waals surface area contributed by atoms with E-state index >= 15 is 0 Å². The lowest BCUT2D eigenvalue weighted by Gasteiger charge is -2.23. The molecular formula is C11H14F2N2O. The maximum atomic E-state index is 13.2. The summed E-state index contributed by atoms with van der Waals surface area (Å²) in [7, 11) is 0. The number of hydrogen-bond acceptors (Lipinski definition) is 3. The van der Waals surface area contributed by atoms with Crippen molar-refractivity contribution in [3.63, 3.8) is 0 Å². The molecule has 0 unspecified atom stereocenters. The van der Waals surface area contributed by atoms with Crippen molar-refractivity contribution in [2.45, 2.75) is 31.2 Å². The van der Waals surface area contributed by atoms with Gasteiger partial charge in [0.05, 0.1) is 11.7 Å². The molecule has 1 aliphatic carbocycles. The number of rotatable bonds is 3. The fourth-order valence-corrected chi connectivity index (χ4v) is 1.94. The molecule has 0 spiro atoms. The third kappa shape index (κ3) is 2.47. The van der Waals surface area contributed by atoms with Crippen molar-refractivity contribution in [2.24, 2.45) is 5.73 Å². The predicted molar refractivity (Wildman–Crippen MR) is 55.0 cm³/mol. The number of hydrogen-bond donors (Lipinski definition) is 1. The first-order valence-electron chi connectivity index (χ1n) is 5.32. The average molecular weight is 228 g/mol. The maximum absolute atomic E-state index is 13.2. The van der Waals surface area contributed by atoms with Crippen LogP contribution in [0.5, 0.6) is 5.88 Å². The molecule has 5 heteroatoms. The van der Waals surface area contributed by atoms with E-state index in [1.807, 2.05) is 0 Å². The van der Waals surface area contributed by atoms with Gasteiger partial charge in [-0.05, 0) is 12.8 Å². The molecule has 0 bridgehead atoms. The molecule has 1 saturated carbocycles. The van der Waals surface area contributed by atoms with Gasteiger partial charge >= 0.3 is 0 Å². The Morgan fingerprint density at radius 1 is 1.38 bits per heavy atom. The molecule has 1 fully saturated rings. The SMILES string of the molecule is NC1(COc2ncc(F)cc2F)CCCC1. The van der Waals surface area contributed by atoms with Crippen LogP contribution < -0.4 is 10.5 Å². The fourth-order valence-electron chi connectivity index (χ4n) is 1.94. The van der Waals surface area contributed by atoms with E-state index in [0.29, 0.717) is 0 Å². The molecule has 1 aromatic heterocycles. The van der Waals surface area contributed by atoms with Crippen LogP contribution in [0.1, 0.15) is 25.7 Å². The third-order valence-electron chi connectivity index (χ3n) is 2.87. The molecule has 1 aliphatic rings. The van der Waals surface area contributed by atoms with Gasteiger partial charge in [-0.25, -0.2) is 13.8 Å². The molecule has 88 valence electrons. The lowest BCUT2D eigenvalue weighted by Crippen LogP contribution is -2.42. The highest BCUT2D eigenvalue weighted by molar-refractivity contribution is 5.14. The number of ether oxygens (including phenoxy) is 1. The van der Waals surface area contributed by atoms with Crippen LogP contribution in [-0.2, 0) is 0 Å². The minimum atomic E-state index is -0.790. The minimum Gasteiger partial charge on any atom is -0.474 e. The summed E-state index contributed by atoms with van der Waals surface area (Å²) in [5.74, 6) is -1.69. The highest BCUT2D eigenvalue weighted by atomic mass is 19.1. The smallest absolute Gasteiger partial charge is 0.250 e. The Labute approximate surface area is 92.6 Å². The summed E-state index contributed by atoms with van der Waals surface area (Å²) < 4.78 is 31.0. The van der Waals surface area contributed by atoms with Crippen LogP contribution >= 0.6 is 0 Å². The van der Waals surface area contributed by atoms with E-state index in [1.54, 1.807) is 0 Å². The molecular weight excluding hydrogens is 214 g/mol. The lowest BCUT2D eigenvalue weighted by molar-refractivity contribution is 0.204. The summed E-state index contributed by atoms with van der Waals surface area (Å²) in [4.78, 5) is 3.54. The van der Waals surface area contributed by atoms with Gasteiger partial charge in [-0.2, -0.15) is 0 Å². The molecule has 2 N–H and O–H groups in total. The number of aromatic nitrogens is 1. The topological polar surface area (TPSA) is 48.1 Å². The molecule has 0 saturated heterocycles. The van der Waals surface area contributed by atoms with E-state index in [1.165, 1.54) is 0 Å². The summed E-state index contributed by atoms with van der Waals surface area (Å²) in [6.45, 7) is 0.225. The van der Waals surface area contributed by atoms with Crippen LogP contribution in [0, 0.1) is 11.6 Å². The van der Waals surface area contributed by atoms with Crippen LogP contribution in [0.25, 0.3) is 0 Å². The van der Waals surface area contributed by atoms with Gasteiger partial charge in [0.2, 0.25) is 0 Å². The van der Waals surface area contributed by atoms with Crippen LogP contribution in [0.4, 0.5) is 8.78 Å². The van der Waals surface area contributed by atoms with Crippen molar-refractivity contribution in [3.05, 3.63) is 23.9 Å². The number of nitrogens with two attached hydrogens (primary N) is 1. The van der Waals surface area contributed by atoms with Crippen LogP contribution in [0.15, 0.2) is 12.3 Å². The van der Waals surface area contributed by atoms with Gasteiger partial charge in [-0.1, -0.05) is 12.8 Å². The molecule has 1 aromatic rings. The summed E-state index contributed by atoms with van der Waals surface area (Å²) in [6, 6.07) is 0.750. The van der Waals surface area contributed by atoms with Gasteiger partial charge in [0, 0.05) is 6.07 Å². The highest BCUT2D eigenvalue weighted by Gasteiger charge is 2.30. The Morgan fingerprint density at radius 3 is 2.69 bits per heavy atom. The third-order valence-corrected chi connectivity index (χ3v) is 2.87. The first-order chi connectivity index (χ1) is 7.59. The Morgan fingerprint density at radius 2 is 2.06 bits per heavy atom. The molecule has 0 atom stereocenters. The Bertz CT molecular complexity index is 378. The fraction of sp³-hybridized carbons (Fsp3) is 0.545. The van der Waals surface area contributed by atoms with E-state index in [-0.39, 0.29) is 18.0 Å². The highest BCUT2D eigenvalue weighted by Crippen LogP contribution is 2.28. The average Bonchev–Trinajstić information content (AvgIpc) is 2.64. The molecule has 1 heterocycles. The molecule has 3 nitrogen and oxygen atoms in total. The molecule has 2 rings (SSSR count). The first-order valence-corrected chi connectivity index (χ1v) is 5.32. The summed E-state index contributed by atoms with van der Waals surface area (Å²) in [5.41, 5.74) is 5.65. The second-order valence-electron chi connectivity index (χ2n) is 4.30. The summed E-state index contributed by atoms with van der Waals surface area (Å²) >= 11 is 0. The molecule has 0 radical (unpaired) electrons. The number of halogens is 2. The van der Waals surface area contributed by atoms with Gasteiger partial charge in [-0.3, -0.25) is 0 Å². The van der Waals surface area contributed by atoms with E-state index in [0.717, 1.165) is 37.9 Å². The first kappa shape index (κ1) is 11.3. The maximum Gasteiger partial charge on any atom is 0.250 e. The van der Waals surface area contributed by atoms with Crippen molar-refractivity contribution < 1.29 is 13.5 Å². The summed E-state index contributed by atoms with van der Waals surface area (Å²) in [5, 5.41) is 0.